The lowest BCUT2D eigenvalue weighted by atomic mass is 9.73. The highest BCUT2D eigenvalue weighted by molar-refractivity contribution is 7.93. The third-order valence-corrected chi connectivity index (χ3v) is 6.18. The molecular weight excluding hydrogens is 284 g/mol. The fourth-order valence-electron chi connectivity index (χ4n) is 2.73. The van der Waals surface area contributed by atoms with Crippen LogP contribution in [0.25, 0.3) is 0 Å². The highest BCUT2D eigenvalue weighted by Crippen LogP contribution is 2.48. The minimum atomic E-state index is -3.97. The van der Waals surface area contributed by atoms with E-state index < -0.39 is 26.2 Å². The smallest absolute Gasteiger partial charge is 0.197 e. The zero-order valence-corrected chi connectivity index (χ0v) is 11.9. The Morgan fingerprint density at radius 1 is 1.35 bits per heavy atom. The van der Waals surface area contributed by atoms with Crippen molar-refractivity contribution < 1.29 is 17.2 Å². The molecule has 0 unspecified atom stereocenters. The summed E-state index contributed by atoms with van der Waals surface area (Å²) in [5, 5.41) is 9.25. The van der Waals surface area contributed by atoms with Crippen LogP contribution in [0.5, 0.6) is 0 Å². The summed E-state index contributed by atoms with van der Waals surface area (Å²) in [6.07, 6.45) is 2.32. The molecule has 1 fully saturated rings. The van der Waals surface area contributed by atoms with Crippen molar-refractivity contribution in [2.45, 2.75) is 42.2 Å². The molecule has 0 atom stereocenters. The van der Waals surface area contributed by atoms with Crippen molar-refractivity contribution in [2.24, 2.45) is 5.92 Å². The molecule has 1 aliphatic rings. The lowest BCUT2D eigenvalue weighted by molar-refractivity contribution is 0.246. The normalized spacial score (nSPS) is 25.8. The van der Waals surface area contributed by atoms with E-state index in [1.165, 1.54) is 0 Å². The van der Waals surface area contributed by atoms with Gasteiger partial charge in [-0.2, -0.15) is 5.26 Å². The van der Waals surface area contributed by atoms with Crippen LogP contribution in [0.3, 0.4) is 0 Å². The van der Waals surface area contributed by atoms with Gasteiger partial charge in [0, 0.05) is 0 Å². The van der Waals surface area contributed by atoms with Gasteiger partial charge >= 0.3 is 0 Å². The first kappa shape index (κ1) is 14.9. The van der Waals surface area contributed by atoms with Gasteiger partial charge in [0.05, 0.1) is 11.0 Å². The van der Waals surface area contributed by atoms with Gasteiger partial charge in [0.25, 0.3) is 0 Å². The third-order valence-electron chi connectivity index (χ3n) is 3.85. The van der Waals surface area contributed by atoms with Crippen molar-refractivity contribution in [1.29, 1.82) is 5.26 Å². The van der Waals surface area contributed by atoms with Crippen LogP contribution in [-0.4, -0.2) is 13.2 Å². The number of hydrogen-bond donors (Lipinski definition) is 0. The predicted octanol–water partition coefficient (Wildman–Crippen LogP) is 3.21. The van der Waals surface area contributed by atoms with E-state index in [9.17, 15) is 22.5 Å². The predicted molar refractivity (Wildman–Crippen MR) is 69.5 cm³/mol. The van der Waals surface area contributed by atoms with Crippen LogP contribution in [0, 0.1) is 28.9 Å². The maximum absolute atomic E-state index is 13.2. The topological polar surface area (TPSA) is 57.9 Å². The number of halogens is 2. The standard InChI is InChI=1S/C14H15F2NO2S/c1-2-3-10-7-14(8-10,9-17)20(18,19)11-4-5-12(15)13(16)6-11/h4-6,10H,2-3,7-8H2,1H3. The molecule has 0 heterocycles. The molecule has 1 aromatic rings. The molecule has 0 saturated heterocycles. The molecule has 108 valence electrons. The molecule has 0 aliphatic heterocycles. The van der Waals surface area contributed by atoms with Crippen molar-refractivity contribution in [2.75, 3.05) is 0 Å². The molecule has 1 aromatic carbocycles. The molecule has 0 radical (unpaired) electrons. The summed E-state index contributed by atoms with van der Waals surface area (Å²) < 4.78 is 49.5. The Bertz CT molecular complexity index is 658. The summed E-state index contributed by atoms with van der Waals surface area (Å²) >= 11 is 0. The first-order valence-corrected chi connectivity index (χ1v) is 7.95. The molecular formula is C14H15F2NO2S. The van der Waals surface area contributed by atoms with Gasteiger partial charge in [0.2, 0.25) is 0 Å². The van der Waals surface area contributed by atoms with E-state index in [1.54, 1.807) is 0 Å². The SMILES string of the molecule is CCCC1CC(C#N)(S(=O)(=O)c2ccc(F)c(F)c2)C1. The zero-order valence-electron chi connectivity index (χ0n) is 11.1. The summed E-state index contributed by atoms with van der Waals surface area (Å²) in [7, 11) is -3.97. The second kappa shape index (κ2) is 5.13. The number of benzene rings is 1. The number of rotatable bonds is 4. The molecule has 6 heteroatoms. The molecule has 0 amide bonds. The summed E-state index contributed by atoms with van der Waals surface area (Å²) in [5.41, 5.74) is 0. The molecule has 2 rings (SSSR count). The van der Waals surface area contributed by atoms with Crippen LogP contribution in [0.15, 0.2) is 23.1 Å². The third kappa shape index (κ3) is 2.20. The molecule has 1 saturated carbocycles. The van der Waals surface area contributed by atoms with Gasteiger partial charge in [-0.1, -0.05) is 19.8 Å². The van der Waals surface area contributed by atoms with Crippen molar-refractivity contribution in [3.8, 4) is 6.07 Å². The monoisotopic (exact) mass is 299 g/mol. The van der Waals surface area contributed by atoms with Gasteiger partial charge in [-0.3, -0.25) is 0 Å². The van der Waals surface area contributed by atoms with Crippen LogP contribution < -0.4 is 0 Å². The molecule has 20 heavy (non-hydrogen) atoms. The van der Waals surface area contributed by atoms with Crippen molar-refractivity contribution >= 4 is 9.84 Å². The van der Waals surface area contributed by atoms with Crippen LogP contribution in [0.1, 0.15) is 32.6 Å². The van der Waals surface area contributed by atoms with E-state index in [2.05, 4.69) is 0 Å². The van der Waals surface area contributed by atoms with Gasteiger partial charge < -0.3 is 0 Å². The lowest BCUT2D eigenvalue weighted by Gasteiger charge is -2.41. The van der Waals surface area contributed by atoms with E-state index in [0.717, 1.165) is 25.0 Å². The lowest BCUT2D eigenvalue weighted by Crippen LogP contribution is -2.49. The molecule has 1 aliphatic carbocycles. The van der Waals surface area contributed by atoms with E-state index in [4.69, 9.17) is 0 Å². The minimum Gasteiger partial charge on any atom is -0.222 e. The maximum Gasteiger partial charge on any atom is 0.197 e. The Hall–Kier alpha value is -1.48. The second-order valence-corrected chi connectivity index (χ2v) is 7.51. The van der Waals surface area contributed by atoms with Crippen LogP contribution in [-0.2, 0) is 9.84 Å². The first-order valence-electron chi connectivity index (χ1n) is 6.47. The van der Waals surface area contributed by atoms with Crippen molar-refractivity contribution in [1.82, 2.24) is 0 Å². The quantitative estimate of drug-likeness (QED) is 0.802. The highest BCUT2D eigenvalue weighted by atomic mass is 32.2. The Morgan fingerprint density at radius 3 is 2.50 bits per heavy atom. The molecule has 0 spiro atoms. The van der Waals surface area contributed by atoms with Gasteiger partial charge in [-0.15, -0.1) is 0 Å². The van der Waals surface area contributed by atoms with Gasteiger partial charge in [-0.25, -0.2) is 17.2 Å². The average molecular weight is 299 g/mol. The number of nitriles is 1. The van der Waals surface area contributed by atoms with Crippen LogP contribution in [0.4, 0.5) is 8.78 Å². The maximum atomic E-state index is 13.2. The summed E-state index contributed by atoms with van der Waals surface area (Å²) in [6, 6.07) is 4.31. The Balaban J connectivity index is 2.35. The summed E-state index contributed by atoms with van der Waals surface area (Å²) in [5.74, 6) is -2.12. The van der Waals surface area contributed by atoms with E-state index >= 15 is 0 Å². The number of hydrogen-bond acceptors (Lipinski definition) is 3. The van der Waals surface area contributed by atoms with Crippen LogP contribution in [0.2, 0.25) is 0 Å². The fraction of sp³-hybridized carbons (Fsp3) is 0.500. The Kier molecular flexibility index (Phi) is 3.83. The van der Waals surface area contributed by atoms with E-state index in [-0.39, 0.29) is 23.7 Å². The Labute approximate surface area is 117 Å². The molecule has 0 aromatic heterocycles. The first-order chi connectivity index (χ1) is 9.36. The minimum absolute atomic E-state index is 0.208. The summed E-state index contributed by atoms with van der Waals surface area (Å²) in [6.45, 7) is 2.00. The summed E-state index contributed by atoms with van der Waals surface area (Å²) in [4.78, 5) is -0.326. The average Bonchev–Trinajstić information content (AvgIpc) is 2.36. The zero-order chi connectivity index (χ0) is 15.0. The van der Waals surface area contributed by atoms with E-state index in [1.807, 2.05) is 13.0 Å². The molecule has 0 bridgehead atoms. The fourth-order valence-corrected chi connectivity index (χ4v) is 4.71. The molecule has 3 nitrogen and oxygen atoms in total. The van der Waals surface area contributed by atoms with Crippen LogP contribution >= 0.6 is 0 Å². The van der Waals surface area contributed by atoms with Gasteiger partial charge in [-0.05, 0) is 37.0 Å². The highest BCUT2D eigenvalue weighted by Gasteiger charge is 2.54. The van der Waals surface area contributed by atoms with Crippen molar-refractivity contribution in [3.05, 3.63) is 29.8 Å². The number of nitrogens with zero attached hydrogens (tertiary/aromatic N) is 1. The molecule has 0 N–H and O–H groups in total. The van der Waals surface area contributed by atoms with Crippen molar-refractivity contribution in [3.63, 3.8) is 0 Å². The second-order valence-electron chi connectivity index (χ2n) is 5.25. The van der Waals surface area contributed by atoms with Gasteiger partial charge in [0.1, 0.15) is 0 Å². The van der Waals surface area contributed by atoms with Gasteiger partial charge in [0.15, 0.2) is 26.2 Å². The number of sulfone groups is 1. The van der Waals surface area contributed by atoms with E-state index in [0.29, 0.717) is 6.07 Å². The Morgan fingerprint density at radius 2 is 2.00 bits per heavy atom. The largest absolute Gasteiger partial charge is 0.222 e.